The summed E-state index contributed by atoms with van der Waals surface area (Å²) in [4.78, 5) is 43.4. The van der Waals surface area contributed by atoms with Crippen molar-refractivity contribution in [2.75, 3.05) is 18.4 Å². The number of nitrogens with zero attached hydrogens (tertiary/aromatic N) is 5. The lowest BCUT2D eigenvalue weighted by atomic mass is 10.1. The van der Waals surface area contributed by atoms with Crippen molar-refractivity contribution in [2.24, 2.45) is 0 Å². The molecule has 222 valence electrons. The number of aromatic nitrogens is 4. The molecule has 10 nitrogen and oxygen atoms in total. The first-order valence-electron chi connectivity index (χ1n) is 14.1. The molecule has 12 heteroatoms. The molecule has 1 aromatic carbocycles. The first kappa shape index (κ1) is 29.2. The monoisotopic (exact) mass is 626 g/mol. The molecule has 5 aromatic rings. The molecule has 0 saturated carbocycles. The summed E-state index contributed by atoms with van der Waals surface area (Å²) in [7, 11) is 0. The summed E-state index contributed by atoms with van der Waals surface area (Å²) in [5.41, 5.74) is 1.34. The maximum atomic E-state index is 13.9. The van der Waals surface area contributed by atoms with Crippen molar-refractivity contribution < 1.29 is 14.1 Å². The normalized spacial score (nSPS) is 12.9. The van der Waals surface area contributed by atoms with Gasteiger partial charge in [0.15, 0.2) is 5.69 Å². The highest BCUT2D eigenvalue weighted by atomic mass is 35.5. The van der Waals surface area contributed by atoms with Crippen LogP contribution in [0.3, 0.4) is 0 Å². The number of hydrogen-bond acceptors (Lipinski definition) is 8. The van der Waals surface area contributed by atoms with Crippen LogP contribution in [0.5, 0.6) is 0 Å². The van der Waals surface area contributed by atoms with E-state index in [1.807, 2.05) is 36.4 Å². The van der Waals surface area contributed by atoms with Gasteiger partial charge in [0, 0.05) is 35.7 Å². The van der Waals surface area contributed by atoms with E-state index in [9.17, 15) is 14.4 Å². The molecule has 0 spiro atoms. The van der Waals surface area contributed by atoms with Crippen LogP contribution >= 0.6 is 22.9 Å². The third-order valence-corrected chi connectivity index (χ3v) is 8.42. The third kappa shape index (κ3) is 6.51. The van der Waals surface area contributed by atoms with Crippen molar-refractivity contribution in [3.8, 4) is 23.2 Å². The predicted octanol–water partition coefficient (Wildman–Crippen LogP) is 5.13. The van der Waals surface area contributed by atoms with Gasteiger partial charge in [0.1, 0.15) is 24.3 Å². The Bertz CT molecular complexity index is 1910. The molecular formula is C32H27ClN6O4S. The number of thiophene rings is 1. The summed E-state index contributed by atoms with van der Waals surface area (Å²) in [6.45, 7) is 1.49. The maximum Gasteiger partial charge on any atom is 0.302 e. The Balaban J connectivity index is 1.41. The number of hydrogen-bond donors (Lipinski definition) is 1. The van der Waals surface area contributed by atoms with Crippen LogP contribution in [0.25, 0.3) is 11.4 Å². The molecule has 1 saturated heterocycles. The Morgan fingerprint density at radius 3 is 2.55 bits per heavy atom. The molecular weight excluding hydrogens is 600 g/mol. The minimum absolute atomic E-state index is 0.0612. The van der Waals surface area contributed by atoms with Gasteiger partial charge in [0.25, 0.3) is 5.56 Å². The fraction of sp³-hybridized carbons (Fsp3) is 0.219. The number of amides is 1. The van der Waals surface area contributed by atoms with Crippen LogP contribution in [-0.2, 0) is 17.9 Å². The topological polar surface area (TPSA) is 115 Å². The Morgan fingerprint density at radius 1 is 1.00 bits per heavy atom. The Hall–Kier alpha value is -4.92. The van der Waals surface area contributed by atoms with E-state index < -0.39 is 11.5 Å². The summed E-state index contributed by atoms with van der Waals surface area (Å²) in [5.74, 6) is 5.67. The number of anilines is 1. The summed E-state index contributed by atoms with van der Waals surface area (Å²) >= 11 is 7.51. The Kier molecular flexibility index (Phi) is 8.72. The van der Waals surface area contributed by atoms with E-state index in [0.717, 1.165) is 29.7 Å². The summed E-state index contributed by atoms with van der Waals surface area (Å²) in [6, 6.07) is 19.5. The van der Waals surface area contributed by atoms with Gasteiger partial charge in [-0.15, -0.1) is 11.3 Å². The first-order chi connectivity index (χ1) is 21.5. The van der Waals surface area contributed by atoms with Crippen LogP contribution in [0.1, 0.15) is 45.8 Å². The van der Waals surface area contributed by atoms with Gasteiger partial charge in [-0.05, 0) is 55.7 Å². The predicted molar refractivity (Wildman–Crippen MR) is 168 cm³/mol. The molecule has 5 heterocycles. The molecule has 1 fully saturated rings. The number of nitrogens with one attached hydrogen (secondary N) is 1. The van der Waals surface area contributed by atoms with Crippen molar-refractivity contribution >= 4 is 40.6 Å². The van der Waals surface area contributed by atoms with Crippen molar-refractivity contribution in [3.05, 3.63) is 109 Å². The van der Waals surface area contributed by atoms with Crippen LogP contribution in [0, 0.1) is 11.8 Å². The van der Waals surface area contributed by atoms with E-state index in [4.69, 9.17) is 16.1 Å². The first-order valence-corrected chi connectivity index (χ1v) is 15.3. The van der Waals surface area contributed by atoms with E-state index in [-0.39, 0.29) is 23.7 Å². The lowest BCUT2D eigenvalue weighted by Crippen LogP contribution is -2.40. The molecule has 4 aromatic heterocycles. The van der Waals surface area contributed by atoms with Gasteiger partial charge in [0.05, 0.1) is 22.1 Å². The number of piperidine rings is 1. The van der Waals surface area contributed by atoms with Gasteiger partial charge < -0.3 is 14.7 Å². The van der Waals surface area contributed by atoms with E-state index in [1.165, 1.54) is 32.9 Å². The number of halogens is 1. The highest BCUT2D eigenvalue weighted by Crippen LogP contribution is 2.26. The van der Waals surface area contributed by atoms with Crippen molar-refractivity contribution in [2.45, 2.75) is 32.4 Å². The number of carbonyl (C=O) groups excluding carboxylic acids is 2. The third-order valence-electron chi connectivity index (χ3n) is 7.19. The van der Waals surface area contributed by atoms with Crippen molar-refractivity contribution in [1.29, 1.82) is 0 Å². The lowest BCUT2D eigenvalue weighted by Gasteiger charge is -2.27. The number of rotatable bonds is 7. The van der Waals surface area contributed by atoms with E-state index in [1.54, 1.807) is 29.2 Å². The zero-order chi connectivity index (χ0) is 30.5. The zero-order valence-corrected chi connectivity index (χ0v) is 25.1. The van der Waals surface area contributed by atoms with E-state index in [2.05, 4.69) is 27.4 Å². The van der Waals surface area contributed by atoms with Gasteiger partial charge in [-0.2, -0.15) is 9.78 Å². The van der Waals surface area contributed by atoms with Gasteiger partial charge >= 0.3 is 5.91 Å². The van der Waals surface area contributed by atoms with Crippen LogP contribution in [0.15, 0.2) is 82.3 Å². The molecule has 0 aliphatic carbocycles. The summed E-state index contributed by atoms with van der Waals surface area (Å²) in [5, 5.41) is 11.6. The Morgan fingerprint density at radius 2 is 1.82 bits per heavy atom. The van der Waals surface area contributed by atoms with Gasteiger partial charge in [-0.1, -0.05) is 46.8 Å². The minimum Gasteiger partial charge on any atom is -0.365 e. The average molecular weight is 627 g/mol. The fourth-order valence-corrected chi connectivity index (χ4v) is 5.96. The molecule has 44 heavy (non-hydrogen) atoms. The largest absolute Gasteiger partial charge is 0.365 e. The second-order valence-electron chi connectivity index (χ2n) is 10.2. The van der Waals surface area contributed by atoms with Crippen molar-refractivity contribution in [3.63, 3.8) is 0 Å². The molecule has 0 unspecified atom stereocenters. The van der Waals surface area contributed by atoms with Gasteiger partial charge in [-0.3, -0.25) is 19.0 Å². The summed E-state index contributed by atoms with van der Waals surface area (Å²) < 4.78 is 8.09. The molecule has 6 rings (SSSR count). The Labute approximate surface area is 261 Å². The van der Waals surface area contributed by atoms with Gasteiger partial charge in [0.2, 0.25) is 5.91 Å². The molecule has 0 bridgehead atoms. The molecule has 1 N–H and O–H groups in total. The molecule has 0 radical (unpaired) electrons. The zero-order valence-electron chi connectivity index (χ0n) is 23.5. The smallest absolute Gasteiger partial charge is 0.302 e. The molecule has 1 amide bonds. The average Bonchev–Trinajstić information content (AvgIpc) is 3.83. The number of likely N-dealkylation sites (tertiary alicyclic amines) is 1. The van der Waals surface area contributed by atoms with E-state index >= 15 is 0 Å². The number of carbonyl (C=O) groups is 2. The van der Waals surface area contributed by atoms with Crippen LogP contribution in [-0.4, -0.2) is 49.3 Å². The maximum absolute atomic E-state index is 13.9. The minimum atomic E-state index is -0.527. The molecule has 1 aliphatic heterocycles. The standard InChI is InChI=1S/C32H27ClN6O4S/c33-28-14-12-24(44-28)20-34-29-19-26(35-39(29)32(42)25-15-18-43-36-25)27-13-11-23(10-9-22-7-3-1-4-8-22)31(41)38(27)21-30(40)37-16-5-2-6-17-37/h1,3-4,7-8,11-15,18-19,34H,2,5-6,16-17,20-21H2. The quantitative estimate of drug-likeness (QED) is 0.249. The second-order valence-corrected chi connectivity index (χ2v) is 12.0. The number of benzene rings is 1. The highest BCUT2D eigenvalue weighted by Gasteiger charge is 2.24. The van der Waals surface area contributed by atoms with Crippen LogP contribution in [0.4, 0.5) is 5.82 Å². The lowest BCUT2D eigenvalue weighted by molar-refractivity contribution is -0.132. The van der Waals surface area contributed by atoms with Crippen molar-refractivity contribution in [1.82, 2.24) is 24.4 Å². The fourth-order valence-electron chi connectivity index (χ4n) is 4.94. The van der Waals surface area contributed by atoms with Gasteiger partial charge in [-0.25, -0.2) is 0 Å². The second kappa shape index (κ2) is 13.2. The highest BCUT2D eigenvalue weighted by molar-refractivity contribution is 7.16. The molecule has 1 aliphatic rings. The van der Waals surface area contributed by atoms with Crippen LogP contribution in [0.2, 0.25) is 4.34 Å². The number of pyridine rings is 1. The SMILES string of the molecule is O=C(Cn1c(-c2cc(NCc3ccc(Cl)s3)n(C(=O)c3ccon3)n2)ccc(C#Cc2ccccc2)c1=O)N1CCCCC1. The van der Waals surface area contributed by atoms with Crippen LogP contribution < -0.4 is 10.9 Å². The van der Waals surface area contributed by atoms with E-state index in [0.29, 0.717) is 41.2 Å². The molecule has 0 atom stereocenters. The summed E-state index contributed by atoms with van der Waals surface area (Å²) in [6.07, 6.45) is 4.23.